The average Bonchev–Trinajstić information content (AvgIpc) is 2.06. The Hall–Kier alpha value is -0.870. The van der Waals surface area contributed by atoms with Crippen LogP contribution in [0.3, 0.4) is 0 Å². The number of aldehydes is 1. The summed E-state index contributed by atoms with van der Waals surface area (Å²) in [5.41, 5.74) is 6.84. The van der Waals surface area contributed by atoms with E-state index in [0.29, 0.717) is 18.2 Å². The molecule has 0 saturated carbocycles. The Balaban J connectivity index is 0. The average molecular weight is 202 g/mol. The fourth-order valence-electron chi connectivity index (χ4n) is 0.815. The number of nitrogens with two attached hydrogens (primary N) is 1. The smallest absolute Gasteiger partial charge is 0.149 e. The first-order valence-electron chi connectivity index (χ1n) is 4.55. The van der Waals surface area contributed by atoms with Crippen molar-refractivity contribution in [3.8, 4) is 0 Å². The number of ether oxygens (including phenoxy) is 1. The Morgan fingerprint density at radius 1 is 1.50 bits per heavy atom. The number of hydrogen-bond donors (Lipinski definition) is 2. The molecule has 0 rings (SSSR count). The van der Waals surface area contributed by atoms with Crippen molar-refractivity contribution in [2.24, 2.45) is 5.73 Å². The largest absolute Gasteiger partial charge is 0.388 e. The first-order chi connectivity index (χ1) is 6.53. The van der Waals surface area contributed by atoms with Crippen LogP contribution in [0.15, 0.2) is 11.3 Å². The SMILES string of the molecule is C/C(NC(C)C)=C(\C=O)CN.COC. The van der Waals surface area contributed by atoms with Crippen molar-refractivity contribution in [2.45, 2.75) is 26.8 Å². The zero-order chi connectivity index (χ0) is 11.6. The van der Waals surface area contributed by atoms with Gasteiger partial charge in [0, 0.05) is 38.1 Å². The van der Waals surface area contributed by atoms with E-state index >= 15 is 0 Å². The van der Waals surface area contributed by atoms with Crippen LogP contribution < -0.4 is 11.1 Å². The first-order valence-corrected chi connectivity index (χ1v) is 4.55. The molecule has 4 heteroatoms. The lowest BCUT2D eigenvalue weighted by Crippen LogP contribution is -2.23. The molecule has 0 radical (unpaired) electrons. The number of methoxy groups -OCH3 is 1. The molecule has 14 heavy (non-hydrogen) atoms. The lowest BCUT2D eigenvalue weighted by molar-refractivity contribution is -0.105. The molecule has 0 aromatic carbocycles. The fraction of sp³-hybridized carbons (Fsp3) is 0.700. The molecule has 0 fully saturated rings. The summed E-state index contributed by atoms with van der Waals surface area (Å²) in [5, 5.41) is 3.11. The van der Waals surface area contributed by atoms with Gasteiger partial charge in [-0.05, 0) is 20.8 Å². The van der Waals surface area contributed by atoms with Crippen LogP contribution in [0.1, 0.15) is 20.8 Å². The highest BCUT2D eigenvalue weighted by Crippen LogP contribution is 1.96. The van der Waals surface area contributed by atoms with Crippen LogP contribution in [0.25, 0.3) is 0 Å². The molecular formula is C10H22N2O2. The molecule has 0 aliphatic heterocycles. The number of rotatable bonds is 4. The second-order valence-electron chi connectivity index (χ2n) is 3.18. The van der Waals surface area contributed by atoms with Crippen LogP contribution in [0, 0.1) is 0 Å². The van der Waals surface area contributed by atoms with Gasteiger partial charge in [-0.15, -0.1) is 0 Å². The standard InChI is InChI=1S/C8H16N2O.C2H6O/c1-6(2)10-7(3)8(4-9)5-11;1-3-2/h5-6,10H,4,9H2,1-3H3;1-2H3/b8-7+;. The quantitative estimate of drug-likeness (QED) is 0.520. The van der Waals surface area contributed by atoms with E-state index < -0.39 is 0 Å². The molecule has 3 N–H and O–H groups in total. The van der Waals surface area contributed by atoms with Crippen LogP contribution in [-0.2, 0) is 9.53 Å². The van der Waals surface area contributed by atoms with Gasteiger partial charge in [0.1, 0.15) is 6.29 Å². The van der Waals surface area contributed by atoms with Gasteiger partial charge in [0.05, 0.1) is 0 Å². The summed E-state index contributed by atoms with van der Waals surface area (Å²) < 4.78 is 4.25. The fourth-order valence-corrected chi connectivity index (χ4v) is 0.815. The van der Waals surface area contributed by atoms with Gasteiger partial charge in [-0.25, -0.2) is 0 Å². The molecule has 0 aromatic rings. The van der Waals surface area contributed by atoms with Crippen molar-refractivity contribution in [3.63, 3.8) is 0 Å². The molecule has 4 nitrogen and oxygen atoms in total. The predicted molar refractivity (Wildman–Crippen MR) is 59.0 cm³/mol. The molecule has 0 aliphatic carbocycles. The monoisotopic (exact) mass is 202 g/mol. The van der Waals surface area contributed by atoms with Gasteiger partial charge in [-0.3, -0.25) is 4.79 Å². The third-order valence-electron chi connectivity index (χ3n) is 1.35. The Morgan fingerprint density at radius 3 is 2.14 bits per heavy atom. The lowest BCUT2D eigenvalue weighted by atomic mass is 10.2. The topological polar surface area (TPSA) is 64.4 Å². The maximum absolute atomic E-state index is 10.4. The third kappa shape index (κ3) is 9.22. The van der Waals surface area contributed by atoms with Crippen molar-refractivity contribution in [1.82, 2.24) is 5.32 Å². The summed E-state index contributed by atoms with van der Waals surface area (Å²) in [6.07, 6.45) is 0.796. The molecule has 0 spiro atoms. The van der Waals surface area contributed by atoms with Gasteiger partial charge < -0.3 is 15.8 Å². The van der Waals surface area contributed by atoms with Gasteiger partial charge in [0.2, 0.25) is 0 Å². The summed E-state index contributed by atoms with van der Waals surface area (Å²) >= 11 is 0. The molecule has 0 atom stereocenters. The highest BCUT2D eigenvalue weighted by Gasteiger charge is 1.99. The molecule has 0 bridgehead atoms. The summed E-state index contributed by atoms with van der Waals surface area (Å²) in [6, 6.07) is 0.344. The van der Waals surface area contributed by atoms with Crippen molar-refractivity contribution < 1.29 is 9.53 Å². The normalized spacial score (nSPS) is 11.4. The Morgan fingerprint density at radius 2 is 1.93 bits per heavy atom. The summed E-state index contributed by atoms with van der Waals surface area (Å²) in [7, 11) is 3.25. The van der Waals surface area contributed by atoms with Gasteiger partial charge in [-0.1, -0.05) is 0 Å². The van der Waals surface area contributed by atoms with Crippen LogP contribution in [0.4, 0.5) is 0 Å². The highest BCUT2D eigenvalue weighted by atomic mass is 16.4. The third-order valence-corrected chi connectivity index (χ3v) is 1.35. The number of hydrogen-bond acceptors (Lipinski definition) is 4. The molecule has 0 aliphatic rings. The van der Waals surface area contributed by atoms with Gasteiger partial charge in [-0.2, -0.15) is 0 Å². The number of carbonyl (C=O) groups is 1. The molecule has 0 amide bonds. The van der Waals surface area contributed by atoms with Crippen molar-refractivity contribution >= 4 is 6.29 Å². The molecule has 0 unspecified atom stereocenters. The Labute approximate surface area is 86.5 Å². The molecular weight excluding hydrogens is 180 g/mol. The summed E-state index contributed by atoms with van der Waals surface area (Å²) in [4.78, 5) is 10.4. The maximum atomic E-state index is 10.4. The van der Waals surface area contributed by atoms with E-state index in [2.05, 4.69) is 10.1 Å². The lowest BCUT2D eigenvalue weighted by Gasteiger charge is -2.11. The van der Waals surface area contributed by atoms with Gasteiger partial charge in [0.25, 0.3) is 0 Å². The van der Waals surface area contributed by atoms with Crippen molar-refractivity contribution in [2.75, 3.05) is 20.8 Å². The van der Waals surface area contributed by atoms with E-state index in [4.69, 9.17) is 5.73 Å². The number of allylic oxidation sites excluding steroid dienone is 1. The van der Waals surface area contributed by atoms with E-state index in [1.807, 2.05) is 20.8 Å². The van der Waals surface area contributed by atoms with E-state index in [1.54, 1.807) is 14.2 Å². The van der Waals surface area contributed by atoms with Gasteiger partial charge >= 0.3 is 0 Å². The zero-order valence-electron chi connectivity index (χ0n) is 9.76. The second-order valence-corrected chi connectivity index (χ2v) is 3.18. The predicted octanol–water partition coefficient (Wildman–Crippen LogP) is 0.679. The zero-order valence-corrected chi connectivity index (χ0v) is 9.76. The van der Waals surface area contributed by atoms with Crippen LogP contribution in [-0.4, -0.2) is 33.1 Å². The minimum Gasteiger partial charge on any atom is -0.388 e. The Bertz CT molecular complexity index is 177. The first kappa shape index (κ1) is 15.6. The van der Waals surface area contributed by atoms with Crippen LogP contribution in [0.5, 0.6) is 0 Å². The van der Waals surface area contributed by atoms with Gasteiger partial charge in [0.15, 0.2) is 0 Å². The van der Waals surface area contributed by atoms with Crippen molar-refractivity contribution in [1.29, 1.82) is 0 Å². The maximum Gasteiger partial charge on any atom is 0.149 e. The van der Waals surface area contributed by atoms with E-state index in [1.165, 1.54) is 0 Å². The van der Waals surface area contributed by atoms with Crippen molar-refractivity contribution in [3.05, 3.63) is 11.3 Å². The number of nitrogens with one attached hydrogen (secondary N) is 1. The summed E-state index contributed by atoms with van der Waals surface area (Å²) in [6.45, 7) is 6.19. The van der Waals surface area contributed by atoms with Crippen LogP contribution >= 0.6 is 0 Å². The second kappa shape index (κ2) is 10.2. The Kier molecular flexibility index (Phi) is 11.4. The summed E-state index contributed by atoms with van der Waals surface area (Å²) in [5.74, 6) is 0. The number of carbonyl (C=O) groups excluding carboxylic acids is 1. The minimum atomic E-state index is 0.301. The molecule has 84 valence electrons. The van der Waals surface area contributed by atoms with E-state index in [-0.39, 0.29) is 0 Å². The molecule has 0 heterocycles. The van der Waals surface area contributed by atoms with E-state index in [0.717, 1.165) is 12.0 Å². The highest BCUT2D eigenvalue weighted by molar-refractivity contribution is 5.74. The molecule has 0 saturated heterocycles. The van der Waals surface area contributed by atoms with Crippen LogP contribution in [0.2, 0.25) is 0 Å². The minimum absolute atomic E-state index is 0.301. The molecule has 0 aromatic heterocycles. The van der Waals surface area contributed by atoms with E-state index in [9.17, 15) is 4.79 Å².